The topological polar surface area (TPSA) is 36.4 Å². The van der Waals surface area contributed by atoms with Crippen molar-refractivity contribution >= 4 is 28.8 Å². The third-order valence-corrected chi connectivity index (χ3v) is 3.89. The standard InChI is InChI=1S/C13H15ClN2OS/c1-2-16(8-10-4-3-7-18-10)13-6-5-11(14)12(9-17)15-13/h3-7,17H,2,8-9H2,1H3. The van der Waals surface area contributed by atoms with E-state index in [4.69, 9.17) is 11.6 Å². The molecule has 2 aromatic heterocycles. The number of aliphatic hydroxyl groups excluding tert-OH is 1. The van der Waals surface area contributed by atoms with Crippen molar-refractivity contribution < 1.29 is 5.11 Å². The lowest BCUT2D eigenvalue weighted by Gasteiger charge is -2.21. The first-order valence-electron chi connectivity index (χ1n) is 5.78. The Morgan fingerprint density at radius 2 is 2.22 bits per heavy atom. The molecule has 0 aliphatic heterocycles. The van der Waals surface area contributed by atoms with Crippen molar-refractivity contribution in [3.63, 3.8) is 0 Å². The molecule has 0 aliphatic rings. The second-order valence-corrected chi connectivity index (χ2v) is 5.29. The van der Waals surface area contributed by atoms with E-state index in [1.807, 2.05) is 12.1 Å². The number of aliphatic hydroxyl groups is 1. The molecule has 0 unspecified atom stereocenters. The molecule has 0 aromatic carbocycles. The van der Waals surface area contributed by atoms with E-state index in [0.29, 0.717) is 10.7 Å². The summed E-state index contributed by atoms with van der Waals surface area (Å²) in [5.74, 6) is 0.847. The molecule has 0 spiro atoms. The highest BCUT2D eigenvalue weighted by atomic mass is 35.5. The Bertz CT molecular complexity index is 502. The van der Waals surface area contributed by atoms with Crippen molar-refractivity contribution in [2.24, 2.45) is 0 Å². The van der Waals surface area contributed by atoms with Gasteiger partial charge in [-0.05, 0) is 30.5 Å². The monoisotopic (exact) mass is 282 g/mol. The molecule has 0 radical (unpaired) electrons. The van der Waals surface area contributed by atoms with Crippen LogP contribution in [0.2, 0.25) is 5.02 Å². The summed E-state index contributed by atoms with van der Waals surface area (Å²) in [5.41, 5.74) is 0.527. The number of thiophene rings is 1. The number of rotatable bonds is 5. The van der Waals surface area contributed by atoms with Crippen LogP contribution in [0.3, 0.4) is 0 Å². The Hall–Kier alpha value is -1.10. The maximum Gasteiger partial charge on any atom is 0.129 e. The smallest absolute Gasteiger partial charge is 0.129 e. The Labute approximate surface area is 116 Å². The van der Waals surface area contributed by atoms with Gasteiger partial charge in [-0.1, -0.05) is 17.7 Å². The average Bonchev–Trinajstić information content (AvgIpc) is 2.89. The molecule has 0 amide bonds. The zero-order valence-electron chi connectivity index (χ0n) is 10.1. The van der Waals surface area contributed by atoms with E-state index in [-0.39, 0.29) is 6.61 Å². The van der Waals surface area contributed by atoms with Crippen LogP contribution in [0.5, 0.6) is 0 Å². The van der Waals surface area contributed by atoms with Crippen LogP contribution >= 0.6 is 22.9 Å². The van der Waals surface area contributed by atoms with Gasteiger partial charge in [0.25, 0.3) is 0 Å². The summed E-state index contributed by atoms with van der Waals surface area (Å²) in [6, 6.07) is 7.82. The molecule has 2 heterocycles. The van der Waals surface area contributed by atoms with Crippen molar-refractivity contribution in [3.8, 4) is 0 Å². The third-order valence-electron chi connectivity index (χ3n) is 2.69. The molecule has 0 aliphatic carbocycles. The van der Waals surface area contributed by atoms with Crippen LogP contribution in [0.15, 0.2) is 29.6 Å². The fourth-order valence-corrected chi connectivity index (χ4v) is 2.59. The van der Waals surface area contributed by atoms with Crippen molar-refractivity contribution in [2.75, 3.05) is 11.4 Å². The summed E-state index contributed by atoms with van der Waals surface area (Å²) in [5, 5.41) is 11.8. The minimum Gasteiger partial charge on any atom is -0.390 e. The largest absolute Gasteiger partial charge is 0.390 e. The molecule has 0 saturated carbocycles. The van der Waals surface area contributed by atoms with Gasteiger partial charge in [-0.3, -0.25) is 0 Å². The van der Waals surface area contributed by atoms with Gasteiger partial charge in [0.1, 0.15) is 5.82 Å². The van der Waals surface area contributed by atoms with Gasteiger partial charge in [-0.25, -0.2) is 4.98 Å². The summed E-state index contributed by atoms with van der Waals surface area (Å²) >= 11 is 7.68. The number of hydrogen-bond donors (Lipinski definition) is 1. The first kappa shape index (κ1) is 13.3. The molecule has 5 heteroatoms. The summed E-state index contributed by atoms with van der Waals surface area (Å²) in [4.78, 5) is 7.84. The van der Waals surface area contributed by atoms with Crippen LogP contribution in [0.25, 0.3) is 0 Å². The summed E-state index contributed by atoms with van der Waals surface area (Å²) in [6.45, 7) is 3.64. The molecule has 2 aromatic rings. The Morgan fingerprint density at radius 3 is 2.83 bits per heavy atom. The van der Waals surface area contributed by atoms with Gasteiger partial charge in [-0.2, -0.15) is 0 Å². The highest BCUT2D eigenvalue weighted by Crippen LogP contribution is 2.21. The molecule has 0 atom stereocenters. The second-order valence-electron chi connectivity index (χ2n) is 3.85. The number of nitrogens with zero attached hydrogens (tertiary/aromatic N) is 2. The van der Waals surface area contributed by atoms with Crippen molar-refractivity contribution in [1.29, 1.82) is 0 Å². The molecule has 0 bridgehead atoms. The van der Waals surface area contributed by atoms with E-state index in [1.54, 1.807) is 17.4 Å². The molecule has 3 nitrogen and oxygen atoms in total. The second kappa shape index (κ2) is 6.18. The molecular formula is C13H15ClN2OS. The minimum atomic E-state index is -0.136. The molecular weight excluding hydrogens is 268 g/mol. The van der Waals surface area contributed by atoms with Crippen LogP contribution in [-0.4, -0.2) is 16.6 Å². The van der Waals surface area contributed by atoms with E-state index in [1.165, 1.54) is 4.88 Å². The van der Waals surface area contributed by atoms with Crippen molar-refractivity contribution in [1.82, 2.24) is 4.98 Å². The lowest BCUT2D eigenvalue weighted by molar-refractivity contribution is 0.277. The van der Waals surface area contributed by atoms with Gasteiger partial charge < -0.3 is 10.0 Å². The summed E-state index contributed by atoms with van der Waals surface area (Å²) in [6.07, 6.45) is 0. The first-order valence-corrected chi connectivity index (χ1v) is 7.04. The molecule has 1 N–H and O–H groups in total. The van der Waals surface area contributed by atoms with E-state index in [2.05, 4.69) is 28.3 Å². The van der Waals surface area contributed by atoms with Gasteiger partial charge in [0, 0.05) is 11.4 Å². The van der Waals surface area contributed by atoms with Crippen LogP contribution in [0, 0.1) is 0 Å². The molecule has 0 fully saturated rings. The van der Waals surface area contributed by atoms with Gasteiger partial charge in [0.2, 0.25) is 0 Å². The highest BCUT2D eigenvalue weighted by Gasteiger charge is 2.10. The number of pyridine rings is 1. The predicted octanol–water partition coefficient (Wildman–Crippen LogP) is 3.32. The minimum absolute atomic E-state index is 0.136. The fourth-order valence-electron chi connectivity index (χ4n) is 1.71. The van der Waals surface area contributed by atoms with Gasteiger partial charge >= 0.3 is 0 Å². The Balaban J connectivity index is 2.21. The predicted molar refractivity (Wildman–Crippen MR) is 76.2 cm³/mol. The van der Waals surface area contributed by atoms with Crippen LogP contribution in [0.4, 0.5) is 5.82 Å². The van der Waals surface area contributed by atoms with Crippen LogP contribution in [0.1, 0.15) is 17.5 Å². The zero-order chi connectivity index (χ0) is 13.0. The third kappa shape index (κ3) is 3.02. The maximum atomic E-state index is 9.19. The SMILES string of the molecule is CCN(Cc1cccs1)c1ccc(Cl)c(CO)n1. The summed E-state index contributed by atoms with van der Waals surface area (Å²) in [7, 11) is 0. The van der Waals surface area contributed by atoms with E-state index in [0.717, 1.165) is 18.9 Å². The fraction of sp³-hybridized carbons (Fsp3) is 0.308. The number of halogens is 1. The van der Waals surface area contributed by atoms with E-state index in [9.17, 15) is 5.11 Å². The molecule has 96 valence electrons. The number of aromatic nitrogens is 1. The quantitative estimate of drug-likeness (QED) is 0.914. The van der Waals surface area contributed by atoms with E-state index >= 15 is 0 Å². The van der Waals surface area contributed by atoms with Crippen molar-refractivity contribution in [3.05, 3.63) is 45.2 Å². The molecule has 0 saturated heterocycles. The maximum absolute atomic E-state index is 9.19. The van der Waals surface area contributed by atoms with Gasteiger partial charge in [-0.15, -0.1) is 11.3 Å². The van der Waals surface area contributed by atoms with Crippen LogP contribution in [-0.2, 0) is 13.2 Å². The van der Waals surface area contributed by atoms with Crippen molar-refractivity contribution in [2.45, 2.75) is 20.1 Å². The first-order chi connectivity index (χ1) is 8.74. The Morgan fingerprint density at radius 1 is 1.39 bits per heavy atom. The zero-order valence-corrected chi connectivity index (χ0v) is 11.7. The summed E-state index contributed by atoms with van der Waals surface area (Å²) < 4.78 is 0. The average molecular weight is 283 g/mol. The molecule has 2 rings (SSSR count). The lowest BCUT2D eigenvalue weighted by Crippen LogP contribution is -2.22. The lowest BCUT2D eigenvalue weighted by atomic mass is 10.3. The van der Waals surface area contributed by atoms with Gasteiger partial charge in [0.15, 0.2) is 0 Å². The van der Waals surface area contributed by atoms with Crippen LogP contribution < -0.4 is 4.90 Å². The highest BCUT2D eigenvalue weighted by molar-refractivity contribution is 7.09. The normalized spacial score (nSPS) is 10.6. The Kier molecular flexibility index (Phi) is 4.58. The molecule has 18 heavy (non-hydrogen) atoms. The van der Waals surface area contributed by atoms with Gasteiger partial charge in [0.05, 0.1) is 23.9 Å². The van der Waals surface area contributed by atoms with E-state index < -0.39 is 0 Å². The number of anilines is 1. The number of hydrogen-bond acceptors (Lipinski definition) is 4.